The van der Waals surface area contributed by atoms with Gasteiger partial charge in [-0.3, -0.25) is 0 Å². The molecule has 0 fully saturated rings. The van der Waals surface area contributed by atoms with E-state index < -0.39 is 15.6 Å². The predicted molar refractivity (Wildman–Crippen MR) is 67.4 cm³/mol. The number of hydrogen-bond donors (Lipinski definition) is 1. The molecule has 98 valence electrons. The van der Waals surface area contributed by atoms with E-state index in [4.69, 9.17) is 16.3 Å². The van der Waals surface area contributed by atoms with Gasteiger partial charge in [-0.05, 0) is 26.7 Å². The van der Waals surface area contributed by atoms with Gasteiger partial charge in [-0.2, -0.15) is 0 Å². The first-order valence-electron chi connectivity index (χ1n) is 5.39. The van der Waals surface area contributed by atoms with Crippen LogP contribution in [-0.2, 0) is 14.8 Å². The average molecular weight is 272 g/mol. The number of hydrogen-bond acceptors (Lipinski definition) is 3. The van der Waals surface area contributed by atoms with Crippen LogP contribution in [0.5, 0.6) is 0 Å². The first-order chi connectivity index (χ1) is 7.22. The lowest BCUT2D eigenvalue weighted by molar-refractivity contribution is -0.00515. The van der Waals surface area contributed by atoms with Crippen LogP contribution < -0.4 is 4.72 Å². The zero-order valence-electron chi connectivity index (χ0n) is 10.4. The second kappa shape index (κ2) is 6.79. The van der Waals surface area contributed by atoms with Gasteiger partial charge < -0.3 is 4.74 Å². The maximum Gasteiger partial charge on any atom is 0.211 e. The van der Waals surface area contributed by atoms with Crippen molar-refractivity contribution in [2.24, 2.45) is 5.92 Å². The number of halogens is 1. The fraction of sp³-hybridized carbons (Fsp3) is 1.00. The standard InChI is InChI=1S/C10H22ClNO3S/c1-5-15-10(3,4)8-12-16(13,14)7-9(2)6-11/h9,12H,5-8H2,1-4H3. The lowest BCUT2D eigenvalue weighted by Crippen LogP contribution is -2.42. The third-order valence-electron chi connectivity index (χ3n) is 2.02. The van der Waals surface area contributed by atoms with Crippen LogP contribution in [0, 0.1) is 5.92 Å². The number of ether oxygens (including phenoxy) is 1. The quantitative estimate of drug-likeness (QED) is 0.682. The predicted octanol–water partition coefficient (Wildman–Crippen LogP) is 1.60. The minimum absolute atomic E-state index is 0.0469. The molecule has 0 saturated heterocycles. The van der Waals surface area contributed by atoms with Crippen molar-refractivity contribution in [3.63, 3.8) is 0 Å². The Morgan fingerprint density at radius 1 is 1.44 bits per heavy atom. The van der Waals surface area contributed by atoms with Crippen LogP contribution in [0.2, 0.25) is 0 Å². The first-order valence-corrected chi connectivity index (χ1v) is 7.58. The van der Waals surface area contributed by atoms with Gasteiger partial charge in [0.15, 0.2) is 0 Å². The molecule has 0 rings (SSSR count). The topological polar surface area (TPSA) is 55.4 Å². The molecule has 0 aromatic rings. The summed E-state index contributed by atoms with van der Waals surface area (Å²) >= 11 is 5.58. The lowest BCUT2D eigenvalue weighted by atomic mass is 10.1. The highest BCUT2D eigenvalue weighted by molar-refractivity contribution is 7.89. The molecule has 1 unspecified atom stereocenters. The van der Waals surface area contributed by atoms with E-state index in [0.29, 0.717) is 12.5 Å². The lowest BCUT2D eigenvalue weighted by Gasteiger charge is -2.25. The van der Waals surface area contributed by atoms with Crippen LogP contribution in [0.25, 0.3) is 0 Å². The number of alkyl halides is 1. The van der Waals surface area contributed by atoms with Gasteiger partial charge in [0.05, 0.1) is 11.4 Å². The van der Waals surface area contributed by atoms with E-state index in [1.165, 1.54) is 0 Å². The number of nitrogens with one attached hydrogen (secondary N) is 1. The van der Waals surface area contributed by atoms with E-state index in [-0.39, 0.29) is 18.2 Å². The molecule has 0 saturated carbocycles. The molecule has 0 amide bonds. The van der Waals surface area contributed by atoms with E-state index in [1.54, 1.807) is 6.92 Å². The molecule has 4 nitrogen and oxygen atoms in total. The van der Waals surface area contributed by atoms with Crippen molar-refractivity contribution >= 4 is 21.6 Å². The molecule has 6 heteroatoms. The van der Waals surface area contributed by atoms with E-state index in [9.17, 15) is 8.42 Å². The molecular weight excluding hydrogens is 250 g/mol. The molecule has 0 bridgehead atoms. The summed E-state index contributed by atoms with van der Waals surface area (Å²) in [5.41, 5.74) is -0.480. The summed E-state index contributed by atoms with van der Waals surface area (Å²) < 4.78 is 31.2. The van der Waals surface area contributed by atoms with E-state index in [0.717, 1.165) is 0 Å². The van der Waals surface area contributed by atoms with Gasteiger partial charge in [-0.15, -0.1) is 11.6 Å². The summed E-state index contributed by atoms with van der Waals surface area (Å²) in [6.07, 6.45) is 0. The summed E-state index contributed by atoms with van der Waals surface area (Å²) in [4.78, 5) is 0. The van der Waals surface area contributed by atoms with Crippen LogP contribution in [-0.4, -0.2) is 38.8 Å². The molecule has 1 atom stereocenters. The van der Waals surface area contributed by atoms with E-state index >= 15 is 0 Å². The van der Waals surface area contributed by atoms with Crippen molar-refractivity contribution in [3.8, 4) is 0 Å². The Labute approximate surface area is 104 Å². The average Bonchev–Trinajstić information content (AvgIpc) is 2.14. The van der Waals surface area contributed by atoms with Gasteiger partial charge in [-0.25, -0.2) is 13.1 Å². The second-order valence-corrected chi connectivity index (χ2v) is 6.71. The molecule has 0 aliphatic carbocycles. The molecule has 16 heavy (non-hydrogen) atoms. The van der Waals surface area contributed by atoms with Gasteiger partial charge in [0, 0.05) is 19.0 Å². The largest absolute Gasteiger partial charge is 0.375 e. The van der Waals surface area contributed by atoms with Crippen molar-refractivity contribution in [2.75, 3.05) is 24.8 Å². The summed E-state index contributed by atoms with van der Waals surface area (Å²) in [5.74, 6) is 0.350. The third kappa shape index (κ3) is 7.44. The van der Waals surface area contributed by atoms with Gasteiger partial charge in [0.2, 0.25) is 10.0 Å². The monoisotopic (exact) mass is 271 g/mol. The Kier molecular flexibility index (Phi) is 6.86. The molecule has 0 heterocycles. The highest BCUT2D eigenvalue weighted by Gasteiger charge is 2.22. The van der Waals surface area contributed by atoms with Gasteiger partial charge in [0.25, 0.3) is 0 Å². The van der Waals surface area contributed by atoms with Crippen LogP contribution in [0.1, 0.15) is 27.7 Å². The summed E-state index contributed by atoms with van der Waals surface area (Å²) in [5, 5.41) is 0. The van der Waals surface area contributed by atoms with Crippen molar-refractivity contribution in [1.29, 1.82) is 0 Å². The second-order valence-electron chi connectivity index (χ2n) is 4.55. The van der Waals surface area contributed by atoms with Gasteiger partial charge >= 0.3 is 0 Å². The molecule has 0 radical (unpaired) electrons. The van der Waals surface area contributed by atoms with Crippen molar-refractivity contribution in [3.05, 3.63) is 0 Å². The minimum atomic E-state index is -3.26. The van der Waals surface area contributed by atoms with Crippen molar-refractivity contribution < 1.29 is 13.2 Å². The smallest absolute Gasteiger partial charge is 0.211 e. The zero-order chi connectivity index (χ0) is 12.8. The van der Waals surface area contributed by atoms with E-state index in [1.807, 2.05) is 20.8 Å². The maximum atomic E-state index is 11.6. The Morgan fingerprint density at radius 2 is 2.00 bits per heavy atom. The Morgan fingerprint density at radius 3 is 2.44 bits per heavy atom. The fourth-order valence-electron chi connectivity index (χ4n) is 1.20. The molecule has 0 spiro atoms. The van der Waals surface area contributed by atoms with Gasteiger partial charge in [0.1, 0.15) is 0 Å². The minimum Gasteiger partial charge on any atom is -0.375 e. The molecular formula is C10H22ClNO3S. The Balaban J connectivity index is 4.18. The third-order valence-corrected chi connectivity index (χ3v) is 4.14. The summed E-state index contributed by atoms with van der Waals surface area (Å²) in [6.45, 7) is 8.23. The molecule has 1 N–H and O–H groups in total. The highest BCUT2D eigenvalue weighted by atomic mass is 35.5. The van der Waals surface area contributed by atoms with Crippen LogP contribution in [0.4, 0.5) is 0 Å². The van der Waals surface area contributed by atoms with Crippen molar-refractivity contribution in [2.45, 2.75) is 33.3 Å². The SMILES string of the molecule is CCOC(C)(C)CNS(=O)(=O)CC(C)CCl. The van der Waals surface area contributed by atoms with Crippen LogP contribution >= 0.6 is 11.6 Å². The number of sulfonamides is 1. The van der Waals surface area contributed by atoms with Gasteiger partial charge in [-0.1, -0.05) is 6.92 Å². The van der Waals surface area contributed by atoms with Crippen molar-refractivity contribution in [1.82, 2.24) is 4.72 Å². The molecule has 0 aromatic heterocycles. The molecule has 0 aliphatic heterocycles. The first kappa shape index (κ1) is 16.2. The Hall–Kier alpha value is 0.160. The normalized spacial score (nSPS) is 15.1. The van der Waals surface area contributed by atoms with Crippen LogP contribution in [0.3, 0.4) is 0 Å². The van der Waals surface area contributed by atoms with E-state index in [2.05, 4.69) is 4.72 Å². The highest BCUT2D eigenvalue weighted by Crippen LogP contribution is 2.08. The summed E-state index contributed by atoms with van der Waals surface area (Å²) in [6, 6.07) is 0. The zero-order valence-corrected chi connectivity index (χ0v) is 12.0. The fourth-order valence-corrected chi connectivity index (χ4v) is 2.99. The van der Waals surface area contributed by atoms with Crippen LogP contribution in [0.15, 0.2) is 0 Å². The Bertz CT molecular complexity index is 290. The number of rotatable bonds is 8. The molecule has 0 aliphatic rings. The maximum absolute atomic E-state index is 11.6. The summed E-state index contributed by atoms with van der Waals surface area (Å²) in [7, 11) is -3.26. The molecule has 0 aromatic carbocycles.